The minimum absolute atomic E-state index is 0.419. The number of likely N-dealkylation sites (tertiary alicyclic amines) is 1. The van der Waals surface area contributed by atoms with Gasteiger partial charge in [-0.05, 0) is 39.7 Å². The van der Waals surface area contributed by atoms with E-state index < -0.39 is 0 Å². The maximum Gasteiger partial charge on any atom is 0.0151 e. The highest BCUT2D eigenvalue weighted by atomic mass is 15.3. The summed E-state index contributed by atoms with van der Waals surface area (Å²) in [5, 5.41) is 3.54. The molecule has 14 heavy (non-hydrogen) atoms. The van der Waals surface area contributed by atoms with Gasteiger partial charge in [-0.2, -0.15) is 0 Å². The molecule has 0 aliphatic carbocycles. The lowest BCUT2D eigenvalue weighted by molar-refractivity contribution is -0.0778. The second-order valence-corrected chi connectivity index (χ2v) is 5.80. The minimum Gasteiger partial charge on any atom is -0.316 e. The van der Waals surface area contributed by atoms with Gasteiger partial charge in [-0.15, -0.1) is 0 Å². The van der Waals surface area contributed by atoms with Gasteiger partial charge in [0.2, 0.25) is 0 Å². The maximum atomic E-state index is 3.54. The summed E-state index contributed by atoms with van der Waals surface area (Å²) in [5.74, 6) is 0. The summed E-state index contributed by atoms with van der Waals surface area (Å²) in [7, 11) is 0. The van der Waals surface area contributed by atoms with Crippen LogP contribution in [0.15, 0.2) is 0 Å². The quantitative estimate of drug-likeness (QED) is 0.725. The van der Waals surface area contributed by atoms with E-state index >= 15 is 0 Å². The average Bonchev–Trinajstić information content (AvgIpc) is 2.15. The molecule has 1 spiro atoms. The minimum atomic E-state index is 0.419. The highest BCUT2D eigenvalue weighted by Gasteiger charge is 2.47. The Morgan fingerprint density at radius 2 is 2.07 bits per heavy atom. The van der Waals surface area contributed by atoms with Gasteiger partial charge >= 0.3 is 0 Å². The van der Waals surface area contributed by atoms with Crippen molar-refractivity contribution >= 4 is 0 Å². The van der Waals surface area contributed by atoms with Crippen molar-refractivity contribution in [2.24, 2.45) is 5.41 Å². The lowest BCUT2D eigenvalue weighted by Crippen LogP contribution is -2.67. The van der Waals surface area contributed by atoms with Crippen LogP contribution < -0.4 is 5.32 Å². The SMILES string of the molecule is CCC(C)(C)N1CC2(CCCNC2)C1. The lowest BCUT2D eigenvalue weighted by Gasteiger charge is -2.58. The number of hydrogen-bond donors (Lipinski definition) is 1. The number of nitrogens with zero attached hydrogens (tertiary/aromatic N) is 1. The molecule has 1 N–H and O–H groups in total. The molecule has 2 saturated heterocycles. The summed E-state index contributed by atoms with van der Waals surface area (Å²) < 4.78 is 0. The highest BCUT2D eigenvalue weighted by molar-refractivity contribution is 5.02. The fraction of sp³-hybridized carbons (Fsp3) is 1.00. The Hall–Kier alpha value is -0.0800. The molecule has 2 nitrogen and oxygen atoms in total. The molecule has 0 bridgehead atoms. The molecule has 2 aliphatic heterocycles. The monoisotopic (exact) mass is 196 g/mol. The lowest BCUT2D eigenvalue weighted by atomic mass is 9.71. The number of hydrogen-bond acceptors (Lipinski definition) is 2. The predicted molar refractivity (Wildman–Crippen MR) is 60.5 cm³/mol. The fourth-order valence-corrected chi connectivity index (χ4v) is 2.72. The third-order valence-electron chi connectivity index (χ3n) is 4.33. The highest BCUT2D eigenvalue weighted by Crippen LogP contribution is 2.40. The molecular weight excluding hydrogens is 172 g/mol. The summed E-state index contributed by atoms with van der Waals surface area (Å²) >= 11 is 0. The Morgan fingerprint density at radius 1 is 1.36 bits per heavy atom. The molecule has 2 fully saturated rings. The van der Waals surface area contributed by atoms with Crippen LogP contribution in [0.4, 0.5) is 0 Å². The van der Waals surface area contributed by atoms with Crippen LogP contribution in [0.5, 0.6) is 0 Å². The predicted octanol–water partition coefficient (Wildman–Crippen LogP) is 1.86. The van der Waals surface area contributed by atoms with Gasteiger partial charge in [-0.1, -0.05) is 6.92 Å². The van der Waals surface area contributed by atoms with Crippen molar-refractivity contribution in [3.05, 3.63) is 0 Å². The van der Waals surface area contributed by atoms with Crippen molar-refractivity contribution in [1.29, 1.82) is 0 Å². The second kappa shape index (κ2) is 3.49. The largest absolute Gasteiger partial charge is 0.316 e. The number of nitrogens with one attached hydrogen (secondary N) is 1. The van der Waals surface area contributed by atoms with Crippen molar-refractivity contribution in [1.82, 2.24) is 10.2 Å². The molecule has 0 amide bonds. The van der Waals surface area contributed by atoms with E-state index in [-0.39, 0.29) is 0 Å². The second-order valence-electron chi connectivity index (χ2n) is 5.80. The van der Waals surface area contributed by atoms with E-state index in [4.69, 9.17) is 0 Å². The zero-order chi connectivity index (χ0) is 10.2. The van der Waals surface area contributed by atoms with Gasteiger partial charge in [-0.25, -0.2) is 0 Å². The van der Waals surface area contributed by atoms with Crippen molar-refractivity contribution in [2.75, 3.05) is 26.2 Å². The van der Waals surface area contributed by atoms with Gasteiger partial charge in [0, 0.05) is 30.6 Å². The molecule has 0 aromatic rings. The number of rotatable bonds is 2. The molecule has 0 radical (unpaired) electrons. The average molecular weight is 196 g/mol. The van der Waals surface area contributed by atoms with Gasteiger partial charge in [0.1, 0.15) is 0 Å². The first-order valence-corrected chi connectivity index (χ1v) is 6.04. The first-order valence-electron chi connectivity index (χ1n) is 6.04. The van der Waals surface area contributed by atoms with E-state index in [2.05, 4.69) is 31.0 Å². The van der Waals surface area contributed by atoms with Gasteiger partial charge in [0.25, 0.3) is 0 Å². The van der Waals surface area contributed by atoms with Crippen molar-refractivity contribution in [2.45, 2.75) is 45.6 Å². The zero-order valence-electron chi connectivity index (χ0n) is 9.90. The number of piperidine rings is 1. The molecule has 2 heterocycles. The first-order chi connectivity index (χ1) is 6.58. The molecular formula is C12H24N2. The Morgan fingerprint density at radius 3 is 2.57 bits per heavy atom. The van der Waals surface area contributed by atoms with Crippen molar-refractivity contribution in [3.63, 3.8) is 0 Å². The topological polar surface area (TPSA) is 15.3 Å². The standard InChI is InChI=1S/C12H24N2/c1-4-11(2,3)14-9-12(10-14)6-5-7-13-8-12/h13H,4-10H2,1-3H3. The molecule has 2 rings (SSSR count). The van der Waals surface area contributed by atoms with E-state index in [1.807, 2.05) is 0 Å². The summed E-state index contributed by atoms with van der Waals surface area (Å²) in [6.07, 6.45) is 4.08. The van der Waals surface area contributed by atoms with Gasteiger partial charge in [0.05, 0.1) is 0 Å². The van der Waals surface area contributed by atoms with Gasteiger partial charge in [0.15, 0.2) is 0 Å². The summed E-state index contributed by atoms with van der Waals surface area (Å²) in [6.45, 7) is 12.2. The van der Waals surface area contributed by atoms with E-state index in [0.29, 0.717) is 11.0 Å². The van der Waals surface area contributed by atoms with Gasteiger partial charge < -0.3 is 5.32 Å². The Kier molecular flexibility index (Phi) is 2.61. The van der Waals surface area contributed by atoms with E-state index in [9.17, 15) is 0 Å². The van der Waals surface area contributed by atoms with Crippen molar-refractivity contribution < 1.29 is 0 Å². The molecule has 0 unspecified atom stereocenters. The normalized spacial score (nSPS) is 27.6. The zero-order valence-corrected chi connectivity index (χ0v) is 9.90. The Labute approximate surface area is 88.1 Å². The van der Waals surface area contributed by atoms with Crippen molar-refractivity contribution in [3.8, 4) is 0 Å². The Bertz CT molecular complexity index is 196. The van der Waals surface area contributed by atoms with Crippen LogP contribution in [-0.2, 0) is 0 Å². The summed E-state index contributed by atoms with van der Waals surface area (Å²) in [6, 6.07) is 0. The smallest absolute Gasteiger partial charge is 0.0151 e. The first kappa shape index (κ1) is 10.4. The summed E-state index contributed by atoms with van der Waals surface area (Å²) in [5.41, 5.74) is 1.06. The van der Waals surface area contributed by atoms with E-state index in [1.54, 1.807) is 0 Å². The van der Waals surface area contributed by atoms with Crippen LogP contribution >= 0.6 is 0 Å². The molecule has 0 atom stereocenters. The third-order valence-corrected chi connectivity index (χ3v) is 4.33. The Balaban J connectivity index is 1.88. The summed E-state index contributed by atoms with van der Waals surface area (Å²) in [4.78, 5) is 2.65. The molecule has 0 saturated carbocycles. The van der Waals surface area contributed by atoms with Crippen LogP contribution in [0.1, 0.15) is 40.0 Å². The van der Waals surface area contributed by atoms with Gasteiger partial charge in [-0.3, -0.25) is 4.90 Å². The van der Waals surface area contributed by atoms with Crippen LogP contribution in [0.3, 0.4) is 0 Å². The van der Waals surface area contributed by atoms with Crippen LogP contribution in [0, 0.1) is 5.41 Å². The molecule has 82 valence electrons. The molecule has 2 heteroatoms. The molecule has 2 aliphatic rings. The van der Waals surface area contributed by atoms with Crippen LogP contribution in [0.25, 0.3) is 0 Å². The van der Waals surface area contributed by atoms with Crippen LogP contribution in [0.2, 0.25) is 0 Å². The third kappa shape index (κ3) is 1.70. The fourth-order valence-electron chi connectivity index (χ4n) is 2.72. The van der Waals surface area contributed by atoms with Crippen LogP contribution in [-0.4, -0.2) is 36.6 Å². The maximum absolute atomic E-state index is 3.54. The van der Waals surface area contributed by atoms with E-state index in [1.165, 1.54) is 45.4 Å². The molecule has 0 aromatic carbocycles. The molecule has 0 aromatic heterocycles. The van der Waals surface area contributed by atoms with E-state index in [0.717, 1.165) is 0 Å².